The topological polar surface area (TPSA) is 220 Å². The average Bonchev–Trinajstić information content (AvgIpc) is 3.17. The third-order valence-electron chi connectivity index (χ3n) is 18.4. The van der Waals surface area contributed by atoms with E-state index in [4.69, 9.17) is 23.7 Å². The molecule has 0 bridgehead atoms. The number of esters is 1. The molecule has 16 nitrogen and oxygen atoms in total. The van der Waals surface area contributed by atoms with E-state index in [1.54, 1.807) is 30.4 Å². The number of carbonyl (C=O) groups is 3. The molecule has 5 aliphatic carbocycles. The minimum absolute atomic E-state index is 0.000159. The minimum Gasteiger partial charge on any atom is -0.466 e. The number of hydrogen-bond acceptors (Lipinski definition) is 13. The predicted molar refractivity (Wildman–Crippen MR) is 294 cm³/mol. The third kappa shape index (κ3) is 14.1. The highest BCUT2D eigenvalue weighted by Crippen LogP contribution is 2.70. The summed E-state index contributed by atoms with van der Waals surface area (Å²) >= 11 is 0. The van der Waals surface area contributed by atoms with E-state index in [9.17, 15) is 34.2 Å². The Balaban J connectivity index is 0.775. The Morgan fingerprint density at radius 2 is 1.70 bits per heavy atom. The number of fused-ring (bicyclic) bond motifs is 7. The van der Waals surface area contributed by atoms with E-state index in [1.165, 1.54) is 5.56 Å². The van der Waals surface area contributed by atoms with Gasteiger partial charge in [0.1, 0.15) is 5.75 Å². The van der Waals surface area contributed by atoms with Gasteiger partial charge in [-0.2, -0.15) is 0 Å². The first kappa shape index (κ1) is 59.2. The Kier molecular flexibility index (Phi) is 20.0. The molecule has 0 radical (unpaired) electrons. The fraction of sp³-hybridized carbons (Fsp3) is 0.613. The number of pyridine rings is 1. The standard InChI is InChI=1S/C62H83N2O14P/c1-60-29-28-49(65)35-48(60)24-25-50-51-36-56-62(61(51,2)37-52(66)58(50)60,78-59(77-56)45-20-9-6-10-21-45)55(68)41-74-57(69)27-22-44-19-15-31-64(39-44)40-47-34-46(23-26-54(47)75-42-76-79(70,71)72)53(67)38-63-30-12-3-4-13-32-73-33-14-11-18-43-16-7-5-8-17-43/h5,7-8,15-17,19,23,26,28-29,31,34-35,39,45,50-53,56,58-59,63,66-67H,3-4,6,9-14,18,20-22,24-25,27,30,32-33,36-38,40-42H2,1-2H3,(H-,70,71,72)/p+1/t50-,51-,52-,53?,56+,58+,59+,60-,61-,62+/m0/s1. The number of rotatable bonds is 28. The Morgan fingerprint density at radius 1 is 0.924 bits per heavy atom. The van der Waals surface area contributed by atoms with Gasteiger partial charge in [-0.1, -0.05) is 94.0 Å². The number of aryl methyl sites for hydroxylation is 2. The lowest BCUT2D eigenvalue weighted by Gasteiger charge is -2.59. The van der Waals surface area contributed by atoms with Crippen LogP contribution in [0.15, 0.2) is 96.9 Å². The Labute approximate surface area is 465 Å². The Morgan fingerprint density at radius 3 is 2.49 bits per heavy atom. The Bertz CT molecular complexity index is 2670. The summed E-state index contributed by atoms with van der Waals surface area (Å²) in [6.07, 6.45) is 21.7. The zero-order valence-electron chi connectivity index (χ0n) is 46.2. The van der Waals surface area contributed by atoms with Crippen LogP contribution in [-0.2, 0) is 61.8 Å². The van der Waals surface area contributed by atoms with Crippen molar-refractivity contribution in [3.05, 3.63) is 119 Å². The smallest absolute Gasteiger partial charge is 0.466 e. The molecule has 17 heteroatoms. The number of aliphatic hydroxyl groups is 2. The summed E-state index contributed by atoms with van der Waals surface area (Å²) in [6.45, 7) is 5.92. The molecule has 1 aliphatic heterocycles. The molecule has 5 fully saturated rings. The van der Waals surface area contributed by atoms with Gasteiger partial charge >= 0.3 is 13.8 Å². The molecule has 0 amide bonds. The van der Waals surface area contributed by atoms with Gasteiger partial charge in [-0.25, -0.2) is 13.7 Å². The zero-order valence-corrected chi connectivity index (χ0v) is 47.1. The summed E-state index contributed by atoms with van der Waals surface area (Å²) in [4.78, 5) is 59.7. The van der Waals surface area contributed by atoms with E-state index in [0.29, 0.717) is 42.7 Å². The summed E-state index contributed by atoms with van der Waals surface area (Å²) in [5, 5.41) is 26.8. The molecule has 9 rings (SSSR count). The summed E-state index contributed by atoms with van der Waals surface area (Å²) in [5.41, 5.74) is 1.83. The molecule has 1 saturated heterocycles. The number of nitrogens with one attached hydrogen (secondary N) is 1. The van der Waals surface area contributed by atoms with Gasteiger partial charge in [-0.3, -0.25) is 14.4 Å². The monoisotopic (exact) mass is 1110 g/mol. The van der Waals surface area contributed by atoms with Gasteiger partial charge in [0.15, 0.2) is 50.0 Å². The van der Waals surface area contributed by atoms with Crippen molar-refractivity contribution >= 4 is 25.4 Å². The number of unbranched alkanes of at least 4 members (excludes halogenated alkanes) is 4. The number of carbonyl (C=O) groups excluding carboxylic acids is 3. The molecule has 79 heavy (non-hydrogen) atoms. The van der Waals surface area contributed by atoms with Gasteiger partial charge < -0.3 is 49.0 Å². The van der Waals surface area contributed by atoms with E-state index in [1.807, 2.05) is 41.2 Å². The lowest BCUT2D eigenvalue weighted by atomic mass is 9.46. The summed E-state index contributed by atoms with van der Waals surface area (Å²) in [7, 11) is -4.80. The van der Waals surface area contributed by atoms with Gasteiger partial charge in [0.2, 0.25) is 5.78 Å². The minimum atomic E-state index is -4.80. The molecule has 430 valence electrons. The van der Waals surface area contributed by atoms with E-state index >= 15 is 4.79 Å². The molecule has 3 aromatic rings. The Hall–Kier alpha value is -4.45. The number of allylic oxidation sites excluding steroid dienone is 4. The molecule has 2 heterocycles. The number of phosphoric ester groups is 1. The molecular formula is C62H84N2O14P+. The maximum absolute atomic E-state index is 15.0. The normalized spacial score (nSPS) is 28.8. The van der Waals surface area contributed by atoms with Crippen molar-refractivity contribution in [2.24, 2.45) is 34.5 Å². The number of aromatic nitrogens is 1. The third-order valence-corrected chi connectivity index (χ3v) is 18.9. The molecule has 0 spiro atoms. The quantitative estimate of drug-likeness (QED) is 0.0151. The predicted octanol–water partition coefficient (Wildman–Crippen LogP) is 8.69. The maximum Gasteiger partial charge on any atom is 0.472 e. The first-order chi connectivity index (χ1) is 38.1. The van der Waals surface area contributed by atoms with E-state index < -0.39 is 68.2 Å². The van der Waals surface area contributed by atoms with Gasteiger partial charge in [0, 0.05) is 60.5 Å². The van der Waals surface area contributed by atoms with Crippen LogP contribution < -0.4 is 14.6 Å². The molecule has 4 saturated carbocycles. The van der Waals surface area contributed by atoms with Crippen LogP contribution in [0.1, 0.15) is 145 Å². The summed E-state index contributed by atoms with van der Waals surface area (Å²) in [6, 6.07) is 19.4. The summed E-state index contributed by atoms with van der Waals surface area (Å²) in [5.74, 6) is -0.494. The second-order valence-electron chi connectivity index (χ2n) is 23.6. The maximum atomic E-state index is 15.0. The average molecular weight is 1110 g/mol. The molecule has 1 unspecified atom stereocenters. The van der Waals surface area contributed by atoms with Crippen LogP contribution in [0.3, 0.4) is 0 Å². The number of benzene rings is 2. The number of phosphoric acid groups is 1. The first-order valence-electron chi connectivity index (χ1n) is 29.1. The van der Waals surface area contributed by atoms with E-state index in [0.717, 1.165) is 121 Å². The van der Waals surface area contributed by atoms with Crippen LogP contribution in [0, 0.1) is 34.5 Å². The van der Waals surface area contributed by atoms with Crippen molar-refractivity contribution in [2.45, 2.75) is 166 Å². The van der Waals surface area contributed by atoms with Crippen molar-refractivity contribution in [3.63, 3.8) is 0 Å². The highest BCUT2D eigenvalue weighted by atomic mass is 31.2. The van der Waals surface area contributed by atoms with Gasteiger partial charge in [0.25, 0.3) is 0 Å². The zero-order chi connectivity index (χ0) is 55.6. The fourth-order valence-electron chi connectivity index (χ4n) is 14.5. The van der Waals surface area contributed by atoms with Crippen molar-refractivity contribution in [2.75, 3.05) is 39.7 Å². The highest BCUT2D eigenvalue weighted by molar-refractivity contribution is 7.46. The van der Waals surface area contributed by atoms with Crippen LogP contribution in [0.2, 0.25) is 0 Å². The molecule has 10 atom stereocenters. The van der Waals surface area contributed by atoms with Crippen LogP contribution in [0.4, 0.5) is 0 Å². The largest absolute Gasteiger partial charge is 0.472 e. The number of ketones is 2. The van der Waals surface area contributed by atoms with Crippen LogP contribution in [0.5, 0.6) is 5.75 Å². The van der Waals surface area contributed by atoms with Crippen molar-refractivity contribution < 1.29 is 71.7 Å². The molecular weight excluding hydrogens is 1030 g/mol. The van der Waals surface area contributed by atoms with Gasteiger partial charge in [0.05, 0.1) is 23.9 Å². The van der Waals surface area contributed by atoms with Crippen molar-refractivity contribution in [3.8, 4) is 5.75 Å². The summed E-state index contributed by atoms with van der Waals surface area (Å²) < 4.78 is 49.2. The van der Waals surface area contributed by atoms with Crippen LogP contribution in [-0.4, -0.2) is 101 Å². The first-order valence-corrected chi connectivity index (χ1v) is 30.7. The van der Waals surface area contributed by atoms with Crippen LogP contribution in [0.25, 0.3) is 0 Å². The molecule has 2 aromatic carbocycles. The number of Topliss-reactive ketones (excluding diaryl/α,β-unsaturated/α-hetero) is 1. The number of nitrogens with zero attached hydrogens (tertiary/aromatic N) is 1. The molecule has 6 aliphatic rings. The molecule has 5 N–H and O–H groups in total. The van der Waals surface area contributed by atoms with Crippen molar-refractivity contribution in [1.82, 2.24) is 5.32 Å². The van der Waals surface area contributed by atoms with Gasteiger partial charge in [-0.05, 0) is 137 Å². The molecule has 1 aromatic heterocycles. The lowest BCUT2D eigenvalue weighted by Crippen LogP contribution is -2.63. The lowest BCUT2D eigenvalue weighted by molar-refractivity contribution is -0.688. The second-order valence-corrected chi connectivity index (χ2v) is 24.8. The van der Waals surface area contributed by atoms with Gasteiger partial charge in [-0.15, -0.1) is 0 Å². The fourth-order valence-corrected chi connectivity index (χ4v) is 14.7. The van der Waals surface area contributed by atoms with Crippen LogP contribution >= 0.6 is 7.82 Å². The number of ether oxygens (including phenoxy) is 5. The highest BCUT2D eigenvalue weighted by Gasteiger charge is 2.76. The second kappa shape index (κ2) is 26.6. The van der Waals surface area contributed by atoms with E-state index in [-0.39, 0.29) is 48.2 Å². The van der Waals surface area contributed by atoms with Crippen molar-refractivity contribution in [1.29, 1.82) is 0 Å². The SMILES string of the molecule is C[C@]12C=CC(=O)C=C1CC[C@@H]1[C@@H]2[C@@H](O)C[C@@]2(C)[C@H]1C[C@H]1O[C@@H](C3CCCCC3)O[C@]12C(=O)COC(=O)CCc1ccc[n+](Cc2cc(C(O)CNCCCCCCOCCCCc3ccccc3)ccc2OCOP(=O)(O)O)c1. The number of hydrogen-bond donors (Lipinski definition) is 5. The number of aliphatic hydroxyl groups excluding tert-OH is 2. The van der Waals surface area contributed by atoms with E-state index in [2.05, 4.69) is 48.0 Å².